The van der Waals surface area contributed by atoms with E-state index in [1.165, 1.54) is 0 Å². The van der Waals surface area contributed by atoms with Gasteiger partial charge in [0.1, 0.15) is 11.4 Å². The molecule has 1 N–H and O–H groups in total. The normalized spacial score (nSPS) is 14.9. The Labute approximate surface area is 154 Å². The van der Waals surface area contributed by atoms with Crippen molar-refractivity contribution in [2.45, 2.75) is 46.1 Å². The van der Waals surface area contributed by atoms with Crippen LogP contribution in [-0.4, -0.2) is 47.9 Å². The Balaban J connectivity index is 1.84. The third kappa shape index (κ3) is 6.38. The number of carbonyl (C=O) groups is 2. The second-order valence-corrected chi connectivity index (χ2v) is 7.21. The molecule has 7 nitrogen and oxygen atoms in total. The van der Waals surface area contributed by atoms with Crippen molar-refractivity contribution in [3.05, 3.63) is 29.8 Å². The van der Waals surface area contributed by atoms with Crippen molar-refractivity contribution >= 4 is 17.7 Å². The zero-order valence-corrected chi connectivity index (χ0v) is 15.9. The lowest BCUT2D eigenvalue weighted by molar-refractivity contribution is -0.132. The molecule has 26 heavy (non-hydrogen) atoms. The van der Waals surface area contributed by atoms with Gasteiger partial charge in [0, 0.05) is 13.1 Å². The van der Waals surface area contributed by atoms with Crippen LogP contribution in [0, 0.1) is 0 Å². The Hall–Kier alpha value is -2.57. The van der Waals surface area contributed by atoms with Crippen LogP contribution in [-0.2, 0) is 9.53 Å². The summed E-state index contributed by atoms with van der Waals surface area (Å²) in [5, 5.41) is 4.03. The maximum Gasteiger partial charge on any atom is 0.428 e. The van der Waals surface area contributed by atoms with Crippen LogP contribution in [0.5, 0.6) is 5.75 Å². The number of hydrogen-bond acceptors (Lipinski definition) is 5. The maximum absolute atomic E-state index is 12.0. The van der Waals surface area contributed by atoms with Crippen LogP contribution in [0.1, 0.15) is 46.1 Å². The lowest BCUT2D eigenvalue weighted by Gasteiger charge is -2.18. The quantitative estimate of drug-likeness (QED) is 0.646. The standard InChI is InChI=1S/C19H27N3O4/c1-14(20-21-18(24)26-19(2,3)4)15-7-9-16(10-8-15)25-13-17(23)22-11-5-6-12-22/h7-10H,5-6,11-13H2,1-4H3,(H,21,24)/b20-14-. The number of carbonyl (C=O) groups excluding carboxylic acids is 2. The second kappa shape index (κ2) is 8.69. The zero-order valence-electron chi connectivity index (χ0n) is 15.9. The molecule has 1 saturated heterocycles. The third-order valence-electron chi connectivity index (χ3n) is 3.81. The fourth-order valence-electron chi connectivity index (χ4n) is 2.49. The first kappa shape index (κ1) is 19.8. The van der Waals surface area contributed by atoms with E-state index in [9.17, 15) is 9.59 Å². The largest absolute Gasteiger partial charge is 0.484 e. The van der Waals surface area contributed by atoms with E-state index in [4.69, 9.17) is 9.47 Å². The van der Waals surface area contributed by atoms with Crippen LogP contribution >= 0.6 is 0 Å². The van der Waals surface area contributed by atoms with Gasteiger partial charge in [-0.25, -0.2) is 10.2 Å². The van der Waals surface area contributed by atoms with Gasteiger partial charge in [-0.05, 0) is 70.4 Å². The number of benzene rings is 1. The topological polar surface area (TPSA) is 80.2 Å². The van der Waals surface area contributed by atoms with Gasteiger partial charge in [0.25, 0.3) is 5.91 Å². The number of ether oxygens (including phenoxy) is 2. The van der Waals surface area contributed by atoms with Gasteiger partial charge in [-0.3, -0.25) is 4.79 Å². The highest BCUT2D eigenvalue weighted by Crippen LogP contribution is 2.14. The van der Waals surface area contributed by atoms with E-state index in [-0.39, 0.29) is 12.5 Å². The van der Waals surface area contributed by atoms with Gasteiger partial charge in [0.15, 0.2) is 6.61 Å². The SMILES string of the molecule is C/C(=N/NC(=O)OC(C)(C)C)c1ccc(OCC(=O)N2CCCC2)cc1. The molecule has 0 radical (unpaired) electrons. The van der Waals surface area contributed by atoms with Gasteiger partial charge in [-0.15, -0.1) is 0 Å². The smallest absolute Gasteiger partial charge is 0.428 e. The van der Waals surface area contributed by atoms with Crippen LogP contribution in [0.2, 0.25) is 0 Å². The van der Waals surface area contributed by atoms with Gasteiger partial charge < -0.3 is 14.4 Å². The minimum atomic E-state index is -0.600. The third-order valence-corrected chi connectivity index (χ3v) is 3.81. The number of rotatable bonds is 5. The fraction of sp³-hybridized carbons (Fsp3) is 0.526. The number of nitrogens with one attached hydrogen (secondary N) is 1. The van der Waals surface area contributed by atoms with Crippen LogP contribution in [0.3, 0.4) is 0 Å². The van der Waals surface area contributed by atoms with E-state index >= 15 is 0 Å². The molecule has 1 aromatic rings. The van der Waals surface area contributed by atoms with Gasteiger partial charge in [-0.2, -0.15) is 5.10 Å². The van der Waals surface area contributed by atoms with E-state index in [0.717, 1.165) is 31.5 Å². The minimum Gasteiger partial charge on any atom is -0.484 e. The number of nitrogens with zero attached hydrogens (tertiary/aromatic N) is 2. The first-order chi connectivity index (χ1) is 12.2. The molecule has 7 heteroatoms. The average molecular weight is 361 g/mol. The summed E-state index contributed by atoms with van der Waals surface area (Å²) in [6.07, 6.45) is 1.53. The van der Waals surface area contributed by atoms with E-state index in [0.29, 0.717) is 11.5 Å². The highest BCUT2D eigenvalue weighted by Gasteiger charge is 2.18. The summed E-state index contributed by atoms with van der Waals surface area (Å²) in [5.41, 5.74) is 3.27. The van der Waals surface area contributed by atoms with E-state index < -0.39 is 11.7 Å². The van der Waals surface area contributed by atoms with E-state index in [1.54, 1.807) is 39.8 Å². The molecule has 2 amide bonds. The average Bonchev–Trinajstić information content (AvgIpc) is 3.11. The monoisotopic (exact) mass is 361 g/mol. The minimum absolute atomic E-state index is 0.0193. The Morgan fingerprint density at radius 1 is 1.15 bits per heavy atom. The molecule has 142 valence electrons. The van der Waals surface area contributed by atoms with Crippen molar-refractivity contribution in [1.82, 2.24) is 10.3 Å². The van der Waals surface area contributed by atoms with Gasteiger partial charge in [0.05, 0.1) is 5.71 Å². The summed E-state index contributed by atoms with van der Waals surface area (Å²) < 4.78 is 10.7. The summed E-state index contributed by atoms with van der Waals surface area (Å²) in [7, 11) is 0. The van der Waals surface area contributed by atoms with Crippen molar-refractivity contribution < 1.29 is 19.1 Å². The summed E-state index contributed by atoms with van der Waals surface area (Å²) >= 11 is 0. The van der Waals surface area contributed by atoms with Gasteiger partial charge in [-0.1, -0.05) is 0 Å². The molecule has 1 fully saturated rings. The first-order valence-electron chi connectivity index (χ1n) is 8.79. The Kier molecular flexibility index (Phi) is 6.60. The summed E-state index contributed by atoms with van der Waals surface area (Å²) in [5.74, 6) is 0.639. The molecule has 0 aromatic heterocycles. The molecule has 1 aliphatic rings. The second-order valence-electron chi connectivity index (χ2n) is 7.21. The molecule has 0 unspecified atom stereocenters. The molecule has 1 heterocycles. The summed E-state index contributed by atoms with van der Waals surface area (Å²) in [6.45, 7) is 8.84. The van der Waals surface area contributed by atoms with Gasteiger partial charge in [0.2, 0.25) is 0 Å². The molecule has 0 bridgehead atoms. The molecule has 0 aliphatic carbocycles. The lowest BCUT2D eigenvalue weighted by atomic mass is 10.1. The zero-order chi connectivity index (χ0) is 19.2. The molecule has 2 rings (SSSR count). The first-order valence-corrected chi connectivity index (χ1v) is 8.79. The number of amides is 2. The number of hydrazone groups is 1. The lowest BCUT2D eigenvalue weighted by Crippen LogP contribution is -2.32. The Morgan fingerprint density at radius 2 is 1.77 bits per heavy atom. The van der Waals surface area contributed by atoms with Crippen LogP contribution in [0.25, 0.3) is 0 Å². The number of hydrogen-bond donors (Lipinski definition) is 1. The summed E-state index contributed by atoms with van der Waals surface area (Å²) in [6, 6.07) is 7.20. The highest BCUT2D eigenvalue weighted by atomic mass is 16.6. The van der Waals surface area contributed by atoms with Crippen molar-refractivity contribution in [3.8, 4) is 5.75 Å². The van der Waals surface area contributed by atoms with Crippen molar-refractivity contribution in [2.24, 2.45) is 5.10 Å². The predicted molar refractivity (Wildman–Crippen MR) is 99.3 cm³/mol. The van der Waals surface area contributed by atoms with Crippen LogP contribution in [0.4, 0.5) is 4.79 Å². The Bertz CT molecular complexity index is 656. The molecular weight excluding hydrogens is 334 g/mol. The van der Waals surface area contributed by atoms with Crippen molar-refractivity contribution in [3.63, 3.8) is 0 Å². The molecule has 0 spiro atoms. The van der Waals surface area contributed by atoms with Crippen LogP contribution in [0.15, 0.2) is 29.4 Å². The fourth-order valence-corrected chi connectivity index (χ4v) is 2.49. The molecule has 1 aromatic carbocycles. The molecular formula is C19H27N3O4. The predicted octanol–water partition coefficient (Wildman–Crippen LogP) is 2.94. The summed E-state index contributed by atoms with van der Waals surface area (Å²) in [4.78, 5) is 25.4. The van der Waals surface area contributed by atoms with Crippen molar-refractivity contribution in [1.29, 1.82) is 0 Å². The van der Waals surface area contributed by atoms with E-state index in [1.807, 2.05) is 17.0 Å². The molecule has 0 atom stereocenters. The maximum atomic E-state index is 12.0. The van der Waals surface area contributed by atoms with Crippen LogP contribution < -0.4 is 10.2 Å². The number of likely N-dealkylation sites (tertiary alicyclic amines) is 1. The van der Waals surface area contributed by atoms with E-state index in [2.05, 4.69) is 10.5 Å². The van der Waals surface area contributed by atoms with Crippen molar-refractivity contribution in [2.75, 3.05) is 19.7 Å². The molecule has 1 aliphatic heterocycles. The Morgan fingerprint density at radius 3 is 2.35 bits per heavy atom. The highest BCUT2D eigenvalue weighted by molar-refractivity contribution is 5.99. The molecule has 0 saturated carbocycles. The van der Waals surface area contributed by atoms with Gasteiger partial charge >= 0.3 is 6.09 Å².